The lowest BCUT2D eigenvalue weighted by molar-refractivity contribution is -0.139. The second-order valence-electron chi connectivity index (χ2n) is 14.0. The predicted octanol–water partition coefficient (Wildman–Crippen LogP) is 4.28. The van der Waals surface area contributed by atoms with Crippen molar-refractivity contribution >= 4 is 43.6 Å². The van der Waals surface area contributed by atoms with Crippen molar-refractivity contribution < 1.29 is 22.1 Å². The molecule has 12 heteroatoms. The number of hydrogen-bond acceptors (Lipinski definition) is 7. The number of aryl methyl sites for hydroxylation is 1. The first-order valence-electron chi connectivity index (χ1n) is 18.0. The number of aromatic nitrogens is 4. The molecule has 2 saturated heterocycles. The molecule has 5 aromatic rings. The number of anilines is 1. The number of hydrogen-bond donors (Lipinski definition) is 1. The number of sulfonamides is 1. The Hall–Kier alpha value is -4.10. The van der Waals surface area contributed by atoms with E-state index in [1.807, 2.05) is 12.1 Å². The molecular formula is C36H39N7O4S. The molecule has 2 aromatic carbocycles. The Morgan fingerprint density at radius 2 is 1.79 bits per heavy atom. The van der Waals surface area contributed by atoms with Gasteiger partial charge >= 0.3 is 0 Å². The molecule has 6 heterocycles. The number of morpholine rings is 1. The molecule has 1 aliphatic carbocycles. The first-order valence-corrected chi connectivity index (χ1v) is 18.1. The molecular weight excluding hydrogens is 627 g/mol. The third kappa shape index (κ3) is 4.28. The van der Waals surface area contributed by atoms with Crippen molar-refractivity contribution in [1.29, 1.82) is 0 Å². The van der Waals surface area contributed by atoms with Crippen LogP contribution >= 0.6 is 0 Å². The monoisotopic (exact) mass is 668 g/mol. The van der Waals surface area contributed by atoms with Gasteiger partial charge in [-0.2, -0.15) is 5.10 Å². The maximum Gasteiger partial charge on any atom is 0.237 e. The normalized spacial score (nSPS) is 21.8. The fraction of sp³-hybridized carbons (Fsp3) is 0.417. The number of benzene rings is 2. The molecule has 1 amide bonds. The summed E-state index contributed by atoms with van der Waals surface area (Å²) < 4.78 is 57.2. The first-order chi connectivity index (χ1) is 24.3. The van der Waals surface area contributed by atoms with Crippen molar-refractivity contribution in [3.8, 4) is 22.4 Å². The third-order valence-corrected chi connectivity index (χ3v) is 12.9. The van der Waals surface area contributed by atoms with Gasteiger partial charge in [0.15, 0.2) is 0 Å². The standard InChI is InChI=1S/C36H39N7O4S/c1-4-48(45,46)43-21-35(22-43)19-36(20-35)31-28(40(2)34(36)44)17-37-33-30(31)29(25-9-10-27-26(15-25)16-38-41(27)3)32(39-33)24-7-5-23(6-8-24)18-42-11-13-47-14-12-42/h5-10,15-17H,4,11-14,18-22H2,1-3H3,(H,37,39)/i3D3. The molecule has 3 fully saturated rings. The average molecular weight is 669 g/mol. The van der Waals surface area contributed by atoms with E-state index in [0.29, 0.717) is 42.5 Å². The van der Waals surface area contributed by atoms with Crippen molar-refractivity contribution in [2.24, 2.45) is 12.4 Å². The van der Waals surface area contributed by atoms with Gasteiger partial charge in [-0.3, -0.25) is 14.4 Å². The van der Waals surface area contributed by atoms with Crippen LogP contribution in [0.3, 0.4) is 0 Å². The molecule has 0 bridgehead atoms. The Kier molecular flexibility index (Phi) is 5.84. The predicted molar refractivity (Wildman–Crippen MR) is 185 cm³/mol. The van der Waals surface area contributed by atoms with Crippen LogP contribution in [0.1, 0.15) is 35.0 Å². The van der Waals surface area contributed by atoms with E-state index in [1.54, 1.807) is 41.6 Å². The summed E-state index contributed by atoms with van der Waals surface area (Å²) in [5.74, 6) is 0.0643. The highest BCUT2D eigenvalue weighted by Crippen LogP contribution is 2.66. The minimum Gasteiger partial charge on any atom is -0.379 e. The Balaban J connectivity index is 1.19. The molecule has 3 aromatic heterocycles. The van der Waals surface area contributed by atoms with Crippen molar-refractivity contribution in [1.82, 2.24) is 29.0 Å². The minimum atomic E-state index is -3.30. The number of nitrogens with one attached hydrogen (secondary N) is 1. The number of pyridine rings is 1. The molecule has 3 aliphatic heterocycles. The van der Waals surface area contributed by atoms with Gasteiger partial charge in [-0.15, -0.1) is 0 Å². The van der Waals surface area contributed by atoms with E-state index in [2.05, 4.69) is 39.2 Å². The van der Waals surface area contributed by atoms with Crippen molar-refractivity contribution in [3.63, 3.8) is 0 Å². The smallest absolute Gasteiger partial charge is 0.237 e. The van der Waals surface area contributed by atoms with Gasteiger partial charge in [0, 0.05) is 78.2 Å². The molecule has 0 atom stereocenters. The Labute approximate surface area is 283 Å². The van der Waals surface area contributed by atoms with Gasteiger partial charge in [-0.05, 0) is 48.6 Å². The molecule has 248 valence electrons. The van der Waals surface area contributed by atoms with Gasteiger partial charge < -0.3 is 14.6 Å². The summed E-state index contributed by atoms with van der Waals surface area (Å²) in [5, 5.41) is 5.73. The second kappa shape index (κ2) is 10.4. The summed E-state index contributed by atoms with van der Waals surface area (Å²) in [5.41, 5.74) is 6.50. The number of rotatable bonds is 6. The summed E-state index contributed by atoms with van der Waals surface area (Å²) in [6.45, 7) is 4.19. The van der Waals surface area contributed by atoms with Crippen molar-refractivity contribution in [3.05, 3.63) is 66.0 Å². The number of carbonyl (C=O) groups excluding carboxylic acids is 1. The lowest BCUT2D eigenvalue weighted by atomic mass is 9.48. The zero-order chi connectivity index (χ0) is 35.5. The van der Waals surface area contributed by atoms with Gasteiger partial charge in [0.2, 0.25) is 15.9 Å². The van der Waals surface area contributed by atoms with Crippen LogP contribution in [0.5, 0.6) is 0 Å². The topological polar surface area (TPSA) is 117 Å². The van der Waals surface area contributed by atoms with Crippen LogP contribution in [0.25, 0.3) is 44.3 Å². The van der Waals surface area contributed by atoms with E-state index >= 15 is 0 Å². The average Bonchev–Trinajstić information content (AvgIpc) is 3.74. The van der Waals surface area contributed by atoms with Crippen LogP contribution in [0.15, 0.2) is 54.9 Å². The van der Waals surface area contributed by atoms with Gasteiger partial charge in [0.1, 0.15) is 5.65 Å². The summed E-state index contributed by atoms with van der Waals surface area (Å²) in [7, 11) is -1.51. The van der Waals surface area contributed by atoms with Crippen LogP contribution in [-0.2, 0) is 38.5 Å². The van der Waals surface area contributed by atoms with E-state index in [0.717, 1.165) is 76.6 Å². The van der Waals surface area contributed by atoms with Gasteiger partial charge in [-0.25, -0.2) is 17.7 Å². The third-order valence-electron chi connectivity index (χ3n) is 11.1. The first kappa shape index (κ1) is 26.8. The zero-order valence-electron chi connectivity index (χ0n) is 30.0. The van der Waals surface area contributed by atoms with Gasteiger partial charge in [0.25, 0.3) is 0 Å². The number of amides is 1. The Morgan fingerprint density at radius 1 is 1.04 bits per heavy atom. The number of fused-ring (bicyclic) bond motifs is 5. The van der Waals surface area contributed by atoms with Crippen LogP contribution in [0, 0.1) is 5.41 Å². The zero-order valence-corrected chi connectivity index (χ0v) is 27.8. The Morgan fingerprint density at radius 3 is 2.52 bits per heavy atom. The number of likely N-dealkylation sites (N-methyl/N-ethyl adjacent to an activating group) is 1. The summed E-state index contributed by atoms with van der Waals surface area (Å²) in [4.78, 5) is 26.8. The Bertz CT molecular complexity index is 2330. The molecule has 0 radical (unpaired) electrons. The number of carbonyl (C=O) groups is 1. The fourth-order valence-electron chi connectivity index (χ4n) is 8.77. The molecule has 2 spiro atoms. The fourth-order valence-corrected chi connectivity index (χ4v) is 10.1. The highest BCUT2D eigenvalue weighted by Gasteiger charge is 2.68. The maximum absolute atomic E-state index is 14.2. The molecule has 4 aliphatic rings. The molecule has 1 N–H and O–H groups in total. The lowest BCUT2D eigenvalue weighted by Crippen LogP contribution is -2.69. The van der Waals surface area contributed by atoms with E-state index < -0.39 is 22.4 Å². The molecule has 48 heavy (non-hydrogen) atoms. The van der Waals surface area contributed by atoms with Crippen molar-refractivity contribution in [2.75, 3.05) is 57.1 Å². The van der Waals surface area contributed by atoms with E-state index in [1.165, 1.54) is 5.56 Å². The van der Waals surface area contributed by atoms with Crippen LogP contribution in [-0.4, -0.2) is 95.5 Å². The van der Waals surface area contributed by atoms with Crippen molar-refractivity contribution in [2.45, 2.75) is 31.7 Å². The number of H-pyrrole nitrogens is 1. The lowest BCUT2D eigenvalue weighted by Gasteiger charge is -2.62. The summed E-state index contributed by atoms with van der Waals surface area (Å²) >= 11 is 0. The van der Waals surface area contributed by atoms with Crippen LogP contribution in [0.4, 0.5) is 5.69 Å². The summed E-state index contributed by atoms with van der Waals surface area (Å²) in [6, 6.07) is 14.2. The molecule has 11 nitrogen and oxygen atoms in total. The highest BCUT2D eigenvalue weighted by atomic mass is 32.2. The highest BCUT2D eigenvalue weighted by molar-refractivity contribution is 7.89. The van der Waals surface area contributed by atoms with Gasteiger partial charge in [-0.1, -0.05) is 30.3 Å². The minimum absolute atomic E-state index is 0.00444. The second-order valence-corrected chi connectivity index (χ2v) is 16.3. The SMILES string of the molecule is [2H]C([2H])([2H])n1ncc2cc(-c3c(-c4ccc(CN5CCOCC5)cc4)[nH]c4ncc5c(c34)C3(CC4(CN(S(=O)(=O)CC)C4)C3)C(=O)N5C)ccc21. The van der Waals surface area contributed by atoms with E-state index in [9.17, 15) is 13.2 Å². The maximum atomic E-state index is 14.2. The number of nitrogens with zero attached hydrogens (tertiary/aromatic N) is 6. The quantitative estimate of drug-likeness (QED) is 0.287. The van der Waals surface area contributed by atoms with E-state index in [4.69, 9.17) is 13.8 Å². The van der Waals surface area contributed by atoms with E-state index in [-0.39, 0.29) is 17.1 Å². The molecule has 9 rings (SSSR count). The largest absolute Gasteiger partial charge is 0.379 e. The van der Waals surface area contributed by atoms with Gasteiger partial charge in [0.05, 0.1) is 53.7 Å². The number of aromatic amines is 1. The summed E-state index contributed by atoms with van der Waals surface area (Å²) in [6.07, 6.45) is 4.46. The molecule has 0 unspecified atom stereocenters. The molecule has 1 saturated carbocycles. The van der Waals surface area contributed by atoms with Crippen LogP contribution < -0.4 is 4.90 Å². The van der Waals surface area contributed by atoms with Crippen LogP contribution in [0.2, 0.25) is 0 Å². The number of ether oxygens (including phenoxy) is 1.